The lowest BCUT2D eigenvalue weighted by atomic mass is 10.1. The molecule has 0 amide bonds. The second kappa shape index (κ2) is 5.04. The first kappa shape index (κ1) is 10.3. The van der Waals surface area contributed by atoms with Crippen LogP contribution in [0, 0.1) is 0 Å². The number of rotatable bonds is 4. The minimum absolute atomic E-state index is 0.0531. The number of ether oxygens (including phenoxy) is 1. The fourth-order valence-corrected chi connectivity index (χ4v) is 1.47. The molecule has 2 nitrogen and oxygen atoms in total. The zero-order chi connectivity index (χ0) is 9.68. The van der Waals surface area contributed by atoms with Crippen LogP contribution in [0.15, 0.2) is 41.6 Å². The van der Waals surface area contributed by atoms with Crippen molar-refractivity contribution in [3.05, 3.63) is 47.1 Å². The minimum atomic E-state index is -0.324. The van der Waals surface area contributed by atoms with Crippen LogP contribution in [0.25, 0.3) is 0 Å². The summed E-state index contributed by atoms with van der Waals surface area (Å²) in [6.07, 6.45) is 1.01. The standard InChI is InChI=1S/C10H11BrO2/c1-2-13-10(7-12)8-4-3-5-9(11)6-8/h2-6,10,12H,1,7H2. The Morgan fingerprint density at radius 3 is 2.92 bits per heavy atom. The van der Waals surface area contributed by atoms with Gasteiger partial charge in [-0.2, -0.15) is 0 Å². The molecule has 1 atom stereocenters. The molecular weight excluding hydrogens is 232 g/mol. The molecule has 0 heterocycles. The summed E-state index contributed by atoms with van der Waals surface area (Å²) in [5.41, 5.74) is 0.928. The Balaban J connectivity index is 2.84. The lowest BCUT2D eigenvalue weighted by molar-refractivity contribution is 0.0781. The van der Waals surface area contributed by atoms with Gasteiger partial charge >= 0.3 is 0 Å². The van der Waals surface area contributed by atoms with Gasteiger partial charge in [-0.25, -0.2) is 0 Å². The molecule has 0 spiro atoms. The van der Waals surface area contributed by atoms with Crippen LogP contribution in [-0.4, -0.2) is 11.7 Å². The lowest BCUT2D eigenvalue weighted by Crippen LogP contribution is -2.05. The van der Waals surface area contributed by atoms with Gasteiger partial charge in [-0.1, -0.05) is 34.6 Å². The molecule has 0 aliphatic heterocycles. The van der Waals surface area contributed by atoms with Crippen LogP contribution in [0.4, 0.5) is 0 Å². The molecule has 1 aromatic carbocycles. The predicted octanol–water partition coefficient (Wildman–Crippen LogP) is 2.64. The summed E-state index contributed by atoms with van der Waals surface area (Å²) in [6.45, 7) is 3.40. The Morgan fingerprint density at radius 1 is 1.62 bits per heavy atom. The second-order valence-electron chi connectivity index (χ2n) is 2.53. The fraction of sp³-hybridized carbons (Fsp3) is 0.200. The van der Waals surface area contributed by atoms with Gasteiger partial charge in [0.25, 0.3) is 0 Å². The molecular formula is C10H11BrO2. The summed E-state index contributed by atoms with van der Waals surface area (Å²) < 4.78 is 6.09. The van der Waals surface area contributed by atoms with Crippen molar-refractivity contribution >= 4 is 15.9 Å². The molecule has 0 aliphatic rings. The van der Waals surface area contributed by atoms with Gasteiger partial charge in [0.2, 0.25) is 0 Å². The van der Waals surface area contributed by atoms with E-state index in [1.807, 2.05) is 24.3 Å². The summed E-state index contributed by atoms with van der Waals surface area (Å²) in [5, 5.41) is 9.01. The highest BCUT2D eigenvalue weighted by Crippen LogP contribution is 2.20. The van der Waals surface area contributed by atoms with Crippen LogP contribution in [0.5, 0.6) is 0 Å². The Kier molecular flexibility index (Phi) is 3.99. The fourth-order valence-electron chi connectivity index (χ4n) is 1.05. The zero-order valence-corrected chi connectivity index (χ0v) is 8.70. The monoisotopic (exact) mass is 242 g/mol. The van der Waals surface area contributed by atoms with Crippen molar-refractivity contribution < 1.29 is 9.84 Å². The predicted molar refractivity (Wildman–Crippen MR) is 55.3 cm³/mol. The highest BCUT2D eigenvalue weighted by Gasteiger charge is 2.09. The molecule has 13 heavy (non-hydrogen) atoms. The highest BCUT2D eigenvalue weighted by molar-refractivity contribution is 9.10. The molecule has 0 bridgehead atoms. The molecule has 1 unspecified atom stereocenters. The minimum Gasteiger partial charge on any atom is -0.492 e. The van der Waals surface area contributed by atoms with Crippen molar-refractivity contribution in [1.82, 2.24) is 0 Å². The van der Waals surface area contributed by atoms with Crippen molar-refractivity contribution in [2.45, 2.75) is 6.10 Å². The van der Waals surface area contributed by atoms with Gasteiger partial charge in [0, 0.05) is 4.47 Å². The van der Waals surface area contributed by atoms with E-state index in [9.17, 15) is 0 Å². The van der Waals surface area contributed by atoms with E-state index in [0.717, 1.165) is 10.0 Å². The Bertz CT molecular complexity index is 286. The number of hydrogen-bond acceptors (Lipinski definition) is 2. The summed E-state index contributed by atoms with van der Waals surface area (Å²) >= 11 is 3.35. The van der Waals surface area contributed by atoms with Crippen molar-refractivity contribution in [3.63, 3.8) is 0 Å². The smallest absolute Gasteiger partial charge is 0.146 e. The van der Waals surface area contributed by atoms with E-state index in [1.54, 1.807) is 0 Å². The molecule has 0 saturated carbocycles. The van der Waals surface area contributed by atoms with Gasteiger partial charge in [-0.3, -0.25) is 0 Å². The quantitative estimate of drug-likeness (QED) is 0.823. The van der Waals surface area contributed by atoms with Crippen LogP contribution in [0.3, 0.4) is 0 Å². The van der Waals surface area contributed by atoms with Gasteiger partial charge in [0.05, 0.1) is 12.9 Å². The van der Waals surface area contributed by atoms with Crippen molar-refractivity contribution in [1.29, 1.82) is 0 Å². The van der Waals surface area contributed by atoms with Gasteiger partial charge in [0.1, 0.15) is 6.10 Å². The average molecular weight is 243 g/mol. The lowest BCUT2D eigenvalue weighted by Gasteiger charge is -2.13. The van der Waals surface area contributed by atoms with Crippen molar-refractivity contribution in [2.24, 2.45) is 0 Å². The Morgan fingerprint density at radius 2 is 2.38 bits per heavy atom. The molecule has 0 fully saturated rings. The van der Waals surface area contributed by atoms with E-state index in [4.69, 9.17) is 9.84 Å². The number of aliphatic hydroxyl groups is 1. The van der Waals surface area contributed by atoms with E-state index < -0.39 is 0 Å². The van der Waals surface area contributed by atoms with E-state index in [1.165, 1.54) is 6.26 Å². The molecule has 1 aromatic rings. The number of aliphatic hydroxyl groups excluding tert-OH is 1. The molecule has 0 aromatic heterocycles. The molecule has 0 aliphatic carbocycles. The first-order valence-electron chi connectivity index (χ1n) is 3.90. The van der Waals surface area contributed by atoms with Crippen molar-refractivity contribution in [3.8, 4) is 0 Å². The number of halogens is 1. The third-order valence-electron chi connectivity index (χ3n) is 1.65. The third kappa shape index (κ3) is 2.86. The van der Waals surface area contributed by atoms with Gasteiger partial charge in [0.15, 0.2) is 0 Å². The Labute approximate surface area is 86.0 Å². The Hall–Kier alpha value is -0.800. The maximum absolute atomic E-state index is 9.01. The molecule has 3 heteroatoms. The second-order valence-corrected chi connectivity index (χ2v) is 3.44. The van der Waals surface area contributed by atoms with Crippen molar-refractivity contribution in [2.75, 3.05) is 6.61 Å². The van der Waals surface area contributed by atoms with E-state index in [0.29, 0.717) is 0 Å². The number of benzene rings is 1. The molecule has 1 N–H and O–H groups in total. The molecule has 0 saturated heterocycles. The topological polar surface area (TPSA) is 29.5 Å². The van der Waals surface area contributed by atoms with Crippen LogP contribution < -0.4 is 0 Å². The summed E-state index contributed by atoms with van der Waals surface area (Å²) in [5.74, 6) is 0. The van der Waals surface area contributed by atoms with Crippen LogP contribution >= 0.6 is 15.9 Å². The summed E-state index contributed by atoms with van der Waals surface area (Å²) in [7, 11) is 0. The molecule has 70 valence electrons. The van der Waals surface area contributed by atoms with Gasteiger partial charge < -0.3 is 9.84 Å². The normalized spacial score (nSPS) is 12.2. The van der Waals surface area contributed by atoms with Crippen LogP contribution in [0.2, 0.25) is 0 Å². The van der Waals surface area contributed by atoms with Crippen LogP contribution in [0.1, 0.15) is 11.7 Å². The maximum atomic E-state index is 9.01. The van der Waals surface area contributed by atoms with Gasteiger partial charge in [-0.15, -0.1) is 0 Å². The first-order valence-corrected chi connectivity index (χ1v) is 4.70. The van der Waals surface area contributed by atoms with Gasteiger partial charge in [-0.05, 0) is 17.7 Å². The molecule has 1 rings (SSSR count). The van der Waals surface area contributed by atoms with Crippen LogP contribution in [-0.2, 0) is 4.74 Å². The highest BCUT2D eigenvalue weighted by atomic mass is 79.9. The molecule has 0 radical (unpaired) electrons. The first-order chi connectivity index (χ1) is 6.27. The SMILES string of the molecule is C=COC(CO)c1cccc(Br)c1. The number of hydrogen-bond donors (Lipinski definition) is 1. The zero-order valence-electron chi connectivity index (χ0n) is 7.11. The maximum Gasteiger partial charge on any atom is 0.146 e. The summed E-state index contributed by atoms with van der Waals surface area (Å²) in [6, 6.07) is 7.62. The van der Waals surface area contributed by atoms with E-state index >= 15 is 0 Å². The average Bonchev–Trinajstić information content (AvgIpc) is 2.14. The largest absolute Gasteiger partial charge is 0.492 e. The van der Waals surface area contributed by atoms with E-state index in [-0.39, 0.29) is 12.7 Å². The summed E-state index contributed by atoms with van der Waals surface area (Å²) in [4.78, 5) is 0. The van der Waals surface area contributed by atoms with E-state index in [2.05, 4.69) is 22.5 Å². The third-order valence-corrected chi connectivity index (χ3v) is 2.14.